The predicted molar refractivity (Wildman–Crippen MR) is 108 cm³/mol. The largest absolute Gasteiger partial charge is 0.334 e. The van der Waals surface area contributed by atoms with Gasteiger partial charge in [0.15, 0.2) is 5.69 Å². The number of nitrogens with zero attached hydrogens (tertiary/aromatic N) is 3. The molecule has 1 aliphatic rings. The Hall–Kier alpha value is -2.99. The van der Waals surface area contributed by atoms with Crippen molar-refractivity contribution in [1.82, 2.24) is 20.0 Å². The van der Waals surface area contributed by atoms with Gasteiger partial charge in [-0.2, -0.15) is 5.10 Å². The number of hydrogen-bond donors (Lipinski definition) is 1. The van der Waals surface area contributed by atoms with Crippen molar-refractivity contribution in [1.29, 1.82) is 0 Å². The van der Waals surface area contributed by atoms with Crippen LogP contribution < -0.4 is 0 Å². The SMILES string of the molecule is C=C(CN1CCN(C(=O)c2n[nH]c3ccccc23)C[C@@H]1C)c1ccc(F)cc1. The van der Waals surface area contributed by atoms with Crippen LogP contribution in [0.5, 0.6) is 0 Å². The van der Waals surface area contributed by atoms with Crippen molar-refractivity contribution in [3.63, 3.8) is 0 Å². The van der Waals surface area contributed by atoms with E-state index >= 15 is 0 Å². The molecule has 0 bridgehead atoms. The Kier molecular flexibility index (Phi) is 4.96. The molecule has 0 radical (unpaired) electrons. The Morgan fingerprint density at radius 2 is 1.96 bits per heavy atom. The third-order valence-electron chi connectivity index (χ3n) is 5.37. The number of fused-ring (bicyclic) bond motifs is 1. The zero-order valence-electron chi connectivity index (χ0n) is 15.9. The van der Waals surface area contributed by atoms with E-state index in [0.29, 0.717) is 25.3 Å². The molecule has 144 valence electrons. The average Bonchev–Trinajstić information content (AvgIpc) is 3.13. The normalized spacial score (nSPS) is 17.8. The van der Waals surface area contributed by atoms with Crippen LogP contribution in [0.2, 0.25) is 0 Å². The van der Waals surface area contributed by atoms with Gasteiger partial charge in [0, 0.05) is 37.6 Å². The van der Waals surface area contributed by atoms with Crippen molar-refractivity contribution in [2.45, 2.75) is 13.0 Å². The summed E-state index contributed by atoms with van der Waals surface area (Å²) in [7, 11) is 0. The highest BCUT2D eigenvalue weighted by Gasteiger charge is 2.29. The Balaban J connectivity index is 1.41. The molecule has 1 fully saturated rings. The zero-order chi connectivity index (χ0) is 19.7. The highest BCUT2D eigenvalue weighted by Crippen LogP contribution is 2.21. The van der Waals surface area contributed by atoms with Gasteiger partial charge in [-0.1, -0.05) is 36.9 Å². The zero-order valence-corrected chi connectivity index (χ0v) is 15.9. The lowest BCUT2D eigenvalue weighted by atomic mass is 10.1. The first kappa shape index (κ1) is 18.4. The number of nitrogens with one attached hydrogen (secondary N) is 1. The molecular weight excluding hydrogens is 355 g/mol. The van der Waals surface area contributed by atoms with Crippen molar-refractivity contribution in [3.05, 3.63) is 72.2 Å². The lowest BCUT2D eigenvalue weighted by Gasteiger charge is -2.40. The Morgan fingerprint density at radius 1 is 1.21 bits per heavy atom. The van der Waals surface area contributed by atoms with Crippen molar-refractivity contribution in [2.24, 2.45) is 0 Å². The van der Waals surface area contributed by atoms with Crippen molar-refractivity contribution < 1.29 is 9.18 Å². The minimum absolute atomic E-state index is 0.0405. The van der Waals surface area contributed by atoms with Gasteiger partial charge in [-0.15, -0.1) is 0 Å². The maximum absolute atomic E-state index is 13.1. The Bertz CT molecular complexity index is 1010. The summed E-state index contributed by atoms with van der Waals surface area (Å²) in [5.74, 6) is -0.288. The van der Waals surface area contributed by atoms with Gasteiger partial charge in [0.05, 0.1) is 5.52 Å². The second-order valence-corrected chi connectivity index (χ2v) is 7.30. The molecule has 6 heteroatoms. The fraction of sp³-hybridized carbons (Fsp3) is 0.273. The van der Waals surface area contributed by atoms with Gasteiger partial charge < -0.3 is 4.90 Å². The summed E-state index contributed by atoms with van der Waals surface area (Å²) in [4.78, 5) is 17.1. The van der Waals surface area contributed by atoms with Crippen LogP contribution in [0.25, 0.3) is 16.5 Å². The highest BCUT2D eigenvalue weighted by molar-refractivity contribution is 6.04. The molecule has 4 rings (SSSR count). The molecule has 1 aromatic heterocycles. The second kappa shape index (κ2) is 7.56. The summed E-state index contributed by atoms with van der Waals surface area (Å²) in [6.07, 6.45) is 0. The van der Waals surface area contributed by atoms with Crippen molar-refractivity contribution >= 4 is 22.4 Å². The number of amides is 1. The number of aromatic amines is 1. The van der Waals surface area contributed by atoms with Gasteiger partial charge >= 0.3 is 0 Å². The maximum Gasteiger partial charge on any atom is 0.275 e. The molecular formula is C22H23FN4O. The van der Waals surface area contributed by atoms with Gasteiger partial charge in [-0.3, -0.25) is 14.8 Å². The van der Waals surface area contributed by atoms with E-state index in [1.54, 1.807) is 12.1 Å². The molecule has 5 nitrogen and oxygen atoms in total. The fourth-order valence-electron chi connectivity index (χ4n) is 3.71. The number of hydrogen-bond acceptors (Lipinski definition) is 3. The molecule has 3 aromatic rings. The molecule has 2 aromatic carbocycles. The van der Waals surface area contributed by atoms with Crippen LogP contribution >= 0.6 is 0 Å². The third-order valence-corrected chi connectivity index (χ3v) is 5.37. The smallest absolute Gasteiger partial charge is 0.275 e. The van der Waals surface area contributed by atoms with E-state index in [1.165, 1.54) is 12.1 Å². The first-order chi connectivity index (χ1) is 13.5. The monoisotopic (exact) mass is 378 g/mol. The fourth-order valence-corrected chi connectivity index (χ4v) is 3.71. The van der Waals surface area contributed by atoms with Crippen LogP contribution in [-0.4, -0.2) is 58.1 Å². The summed E-state index contributed by atoms with van der Waals surface area (Å²) < 4.78 is 13.1. The van der Waals surface area contributed by atoms with E-state index in [0.717, 1.165) is 28.6 Å². The van der Waals surface area contributed by atoms with Crippen LogP contribution in [0.1, 0.15) is 23.0 Å². The lowest BCUT2D eigenvalue weighted by molar-refractivity contribution is 0.0543. The van der Waals surface area contributed by atoms with Crippen LogP contribution in [0.4, 0.5) is 4.39 Å². The van der Waals surface area contributed by atoms with E-state index in [4.69, 9.17) is 0 Å². The molecule has 1 amide bonds. The van der Waals surface area contributed by atoms with E-state index in [-0.39, 0.29) is 17.8 Å². The number of aromatic nitrogens is 2. The summed E-state index contributed by atoms with van der Waals surface area (Å²) in [6.45, 7) is 8.99. The molecule has 0 unspecified atom stereocenters. The van der Waals surface area contributed by atoms with E-state index in [2.05, 4.69) is 28.6 Å². The summed E-state index contributed by atoms with van der Waals surface area (Å²) in [5.41, 5.74) is 3.24. The quantitative estimate of drug-likeness (QED) is 0.755. The molecule has 1 saturated heterocycles. The summed E-state index contributed by atoms with van der Waals surface area (Å²) in [6, 6.07) is 14.3. The van der Waals surface area contributed by atoms with E-state index in [1.807, 2.05) is 29.2 Å². The highest BCUT2D eigenvalue weighted by atomic mass is 19.1. The minimum atomic E-state index is -0.247. The summed E-state index contributed by atoms with van der Waals surface area (Å²) >= 11 is 0. The molecule has 1 N–H and O–H groups in total. The van der Waals surface area contributed by atoms with Crippen LogP contribution in [0.15, 0.2) is 55.1 Å². The molecule has 1 atom stereocenters. The molecule has 0 saturated carbocycles. The molecule has 2 heterocycles. The summed E-state index contributed by atoms with van der Waals surface area (Å²) in [5, 5.41) is 8.02. The Labute approximate surface area is 163 Å². The number of carbonyl (C=O) groups is 1. The maximum atomic E-state index is 13.1. The van der Waals surface area contributed by atoms with Gasteiger partial charge in [-0.05, 0) is 36.3 Å². The third kappa shape index (κ3) is 3.55. The Morgan fingerprint density at radius 3 is 2.71 bits per heavy atom. The van der Waals surface area contributed by atoms with Crippen molar-refractivity contribution in [3.8, 4) is 0 Å². The van der Waals surface area contributed by atoms with Gasteiger partial charge in [-0.25, -0.2) is 4.39 Å². The number of rotatable bonds is 4. The standard InChI is InChI=1S/C22H23FN4O/c1-15(17-7-9-18(23)10-8-17)13-26-11-12-27(14-16(26)2)22(28)21-19-5-3-4-6-20(19)24-25-21/h3-10,16H,1,11-14H2,2H3,(H,24,25)/t16-/m0/s1. The van der Waals surface area contributed by atoms with Gasteiger partial charge in [0.2, 0.25) is 0 Å². The predicted octanol–water partition coefficient (Wildman–Crippen LogP) is 3.56. The molecule has 0 spiro atoms. The number of H-pyrrole nitrogens is 1. The molecule has 1 aliphatic heterocycles. The van der Waals surface area contributed by atoms with E-state index in [9.17, 15) is 9.18 Å². The van der Waals surface area contributed by atoms with Crippen molar-refractivity contribution in [2.75, 3.05) is 26.2 Å². The van der Waals surface area contributed by atoms with Gasteiger partial charge in [0.1, 0.15) is 5.82 Å². The van der Waals surface area contributed by atoms with Crippen LogP contribution in [-0.2, 0) is 0 Å². The number of benzene rings is 2. The lowest BCUT2D eigenvalue weighted by Crippen LogP contribution is -2.53. The van der Waals surface area contributed by atoms with Crippen LogP contribution in [0.3, 0.4) is 0 Å². The number of para-hydroxylation sites is 1. The molecule has 0 aliphatic carbocycles. The first-order valence-corrected chi connectivity index (χ1v) is 9.43. The molecule has 28 heavy (non-hydrogen) atoms. The van der Waals surface area contributed by atoms with Gasteiger partial charge in [0.25, 0.3) is 5.91 Å². The van der Waals surface area contributed by atoms with Crippen LogP contribution in [0, 0.1) is 5.82 Å². The number of carbonyl (C=O) groups excluding carboxylic acids is 1. The number of piperazine rings is 1. The average molecular weight is 378 g/mol. The topological polar surface area (TPSA) is 52.2 Å². The first-order valence-electron chi connectivity index (χ1n) is 9.43. The second-order valence-electron chi connectivity index (χ2n) is 7.30. The van der Waals surface area contributed by atoms with E-state index < -0.39 is 0 Å². The minimum Gasteiger partial charge on any atom is -0.334 e. The number of halogens is 1.